The summed E-state index contributed by atoms with van der Waals surface area (Å²) in [4.78, 5) is 12.8. The fourth-order valence-electron chi connectivity index (χ4n) is 3.18. The van der Waals surface area contributed by atoms with Gasteiger partial charge in [0.2, 0.25) is 5.88 Å². The molecule has 0 aliphatic carbocycles. The Balaban J connectivity index is 2.23. The summed E-state index contributed by atoms with van der Waals surface area (Å²) < 4.78 is 49.7. The van der Waals surface area contributed by atoms with Gasteiger partial charge in [-0.1, -0.05) is 42.5 Å². The van der Waals surface area contributed by atoms with Crippen LogP contribution in [0.5, 0.6) is 0 Å². The predicted molar refractivity (Wildman–Crippen MR) is 102 cm³/mol. The number of alkyl halides is 3. The van der Waals surface area contributed by atoms with E-state index in [0.717, 1.165) is 12.1 Å². The minimum absolute atomic E-state index is 0.00596. The third kappa shape index (κ3) is 4.01. The van der Waals surface area contributed by atoms with E-state index in [1.54, 1.807) is 37.3 Å². The molecule has 1 heterocycles. The minimum Gasteiger partial charge on any atom is -0.463 e. The van der Waals surface area contributed by atoms with Crippen LogP contribution in [0.1, 0.15) is 29.5 Å². The van der Waals surface area contributed by atoms with Gasteiger partial charge in [-0.15, -0.1) is 0 Å². The zero-order valence-electron chi connectivity index (χ0n) is 15.9. The average molecular weight is 414 g/mol. The zero-order chi connectivity index (χ0) is 21.9. The summed E-state index contributed by atoms with van der Waals surface area (Å²) in [6, 6.07) is 14.7. The van der Waals surface area contributed by atoms with E-state index in [0.29, 0.717) is 5.56 Å². The second-order valence-electron chi connectivity index (χ2n) is 6.37. The number of nitrogens with zero attached hydrogens (tertiary/aromatic N) is 1. The van der Waals surface area contributed by atoms with Gasteiger partial charge in [-0.2, -0.15) is 18.4 Å². The van der Waals surface area contributed by atoms with Gasteiger partial charge < -0.3 is 15.2 Å². The number of nitrogens with two attached hydrogens (primary N) is 1. The van der Waals surface area contributed by atoms with E-state index in [1.165, 1.54) is 12.1 Å². The van der Waals surface area contributed by atoms with E-state index < -0.39 is 23.6 Å². The molecule has 0 fully saturated rings. The molecule has 0 saturated heterocycles. The number of nitriles is 1. The lowest BCUT2D eigenvalue weighted by Crippen LogP contribution is -2.26. The molecule has 2 aromatic rings. The van der Waals surface area contributed by atoms with E-state index in [2.05, 4.69) is 0 Å². The Morgan fingerprint density at radius 3 is 2.33 bits per heavy atom. The highest BCUT2D eigenvalue weighted by molar-refractivity contribution is 5.99. The number of esters is 1. The molecule has 8 heteroatoms. The maximum Gasteiger partial charge on any atom is 0.416 e. The van der Waals surface area contributed by atoms with E-state index in [4.69, 9.17) is 15.2 Å². The molecule has 0 radical (unpaired) electrons. The van der Waals surface area contributed by atoms with Crippen molar-refractivity contribution in [1.29, 1.82) is 5.26 Å². The standard InChI is InChI=1S/C22H17F3N2O3/c1-2-29-21(28)18-17(13-8-10-15(11-9-13)22(23,24)25)16(12-26)20(27)30-19(18)14-6-4-3-5-7-14/h3-11,17H,2,27H2,1H3/t17-/m1/s1. The summed E-state index contributed by atoms with van der Waals surface area (Å²) >= 11 is 0. The first kappa shape index (κ1) is 21.0. The lowest BCUT2D eigenvalue weighted by molar-refractivity contribution is -0.139. The molecule has 0 aromatic heterocycles. The third-order valence-electron chi connectivity index (χ3n) is 4.52. The Bertz CT molecular complexity index is 1050. The molecule has 2 N–H and O–H groups in total. The molecule has 154 valence electrons. The van der Waals surface area contributed by atoms with Crippen LogP contribution in [0, 0.1) is 11.3 Å². The normalized spacial score (nSPS) is 16.7. The molecule has 2 aromatic carbocycles. The van der Waals surface area contributed by atoms with Crippen molar-refractivity contribution in [3.63, 3.8) is 0 Å². The van der Waals surface area contributed by atoms with Crippen LogP contribution in [0.15, 0.2) is 71.6 Å². The number of benzene rings is 2. The van der Waals surface area contributed by atoms with Gasteiger partial charge in [0.05, 0.1) is 23.7 Å². The predicted octanol–water partition coefficient (Wildman–Crippen LogP) is 4.49. The van der Waals surface area contributed by atoms with Gasteiger partial charge in [0.1, 0.15) is 17.4 Å². The van der Waals surface area contributed by atoms with E-state index in [1.807, 2.05) is 6.07 Å². The van der Waals surface area contributed by atoms with Crippen molar-refractivity contribution in [2.45, 2.75) is 19.0 Å². The Labute approximate surface area is 170 Å². The van der Waals surface area contributed by atoms with Crippen molar-refractivity contribution in [1.82, 2.24) is 0 Å². The number of hydrogen-bond donors (Lipinski definition) is 1. The maximum atomic E-state index is 13.0. The number of halogens is 3. The average Bonchev–Trinajstić information content (AvgIpc) is 2.73. The summed E-state index contributed by atoms with van der Waals surface area (Å²) in [5, 5.41) is 9.64. The number of carbonyl (C=O) groups excluding carboxylic acids is 1. The van der Waals surface area contributed by atoms with E-state index in [9.17, 15) is 23.2 Å². The van der Waals surface area contributed by atoms with Crippen LogP contribution in [-0.4, -0.2) is 12.6 Å². The van der Waals surface area contributed by atoms with Gasteiger partial charge in [-0.05, 0) is 24.6 Å². The third-order valence-corrected chi connectivity index (χ3v) is 4.52. The maximum absolute atomic E-state index is 13.0. The molecular weight excluding hydrogens is 397 g/mol. The second kappa shape index (κ2) is 8.33. The lowest BCUT2D eigenvalue weighted by atomic mass is 9.81. The topological polar surface area (TPSA) is 85.3 Å². The Hall–Kier alpha value is -3.73. The summed E-state index contributed by atoms with van der Waals surface area (Å²) in [6.45, 7) is 1.68. The number of hydrogen-bond acceptors (Lipinski definition) is 5. The Morgan fingerprint density at radius 1 is 1.17 bits per heavy atom. The molecule has 0 saturated carbocycles. The minimum atomic E-state index is -4.52. The highest BCUT2D eigenvalue weighted by Crippen LogP contribution is 2.43. The van der Waals surface area contributed by atoms with E-state index in [-0.39, 0.29) is 35.0 Å². The molecule has 0 amide bonds. The highest BCUT2D eigenvalue weighted by Gasteiger charge is 2.39. The first-order valence-electron chi connectivity index (χ1n) is 8.99. The number of carbonyl (C=O) groups is 1. The molecule has 0 spiro atoms. The fraction of sp³-hybridized carbons (Fsp3) is 0.182. The van der Waals surface area contributed by atoms with Gasteiger partial charge in [0.25, 0.3) is 0 Å². The molecule has 0 bridgehead atoms. The number of ether oxygens (including phenoxy) is 2. The molecule has 0 unspecified atom stereocenters. The first-order valence-corrected chi connectivity index (χ1v) is 8.99. The van der Waals surface area contributed by atoms with Crippen LogP contribution in [0.2, 0.25) is 0 Å². The summed E-state index contributed by atoms with van der Waals surface area (Å²) in [5.41, 5.74) is 5.80. The van der Waals surface area contributed by atoms with Crippen LogP contribution in [-0.2, 0) is 20.4 Å². The van der Waals surface area contributed by atoms with Gasteiger partial charge >= 0.3 is 12.1 Å². The summed E-state index contributed by atoms with van der Waals surface area (Å²) in [6.07, 6.45) is -4.52. The fourth-order valence-corrected chi connectivity index (χ4v) is 3.18. The van der Waals surface area contributed by atoms with Crippen molar-refractivity contribution >= 4 is 11.7 Å². The highest BCUT2D eigenvalue weighted by atomic mass is 19.4. The molecule has 5 nitrogen and oxygen atoms in total. The number of allylic oxidation sites excluding steroid dienone is 1. The SMILES string of the molecule is CCOC(=O)C1=C(c2ccccc2)OC(N)=C(C#N)[C@H]1c1ccc(C(F)(F)F)cc1. The molecule has 1 atom stereocenters. The first-order chi connectivity index (χ1) is 14.3. The van der Waals surface area contributed by atoms with Crippen molar-refractivity contribution in [2.75, 3.05) is 6.61 Å². The molecule has 30 heavy (non-hydrogen) atoms. The second-order valence-corrected chi connectivity index (χ2v) is 6.37. The Morgan fingerprint density at radius 2 is 1.80 bits per heavy atom. The van der Waals surface area contributed by atoms with Crippen molar-refractivity contribution in [3.8, 4) is 6.07 Å². The van der Waals surface area contributed by atoms with Crippen LogP contribution in [0.25, 0.3) is 5.76 Å². The Kier molecular flexibility index (Phi) is 5.83. The van der Waals surface area contributed by atoms with Crippen molar-refractivity contribution < 1.29 is 27.4 Å². The van der Waals surface area contributed by atoms with Gasteiger partial charge in [0.15, 0.2) is 0 Å². The van der Waals surface area contributed by atoms with Gasteiger partial charge in [0, 0.05) is 5.56 Å². The molecule has 1 aliphatic rings. The number of rotatable bonds is 4. The lowest BCUT2D eigenvalue weighted by Gasteiger charge is -2.28. The van der Waals surface area contributed by atoms with Gasteiger partial charge in [-0.25, -0.2) is 4.79 Å². The van der Waals surface area contributed by atoms with Crippen LogP contribution in [0.4, 0.5) is 13.2 Å². The molecular formula is C22H17F3N2O3. The van der Waals surface area contributed by atoms with Crippen LogP contribution in [0.3, 0.4) is 0 Å². The van der Waals surface area contributed by atoms with Crippen LogP contribution < -0.4 is 5.73 Å². The molecule has 3 rings (SSSR count). The van der Waals surface area contributed by atoms with Crippen LogP contribution >= 0.6 is 0 Å². The van der Waals surface area contributed by atoms with E-state index >= 15 is 0 Å². The quantitative estimate of drug-likeness (QED) is 0.746. The van der Waals surface area contributed by atoms with Gasteiger partial charge in [-0.3, -0.25) is 0 Å². The van der Waals surface area contributed by atoms with Crippen molar-refractivity contribution in [3.05, 3.63) is 88.3 Å². The van der Waals surface area contributed by atoms with Crippen molar-refractivity contribution in [2.24, 2.45) is 5.73 Å². The zero-order valence-corrected chi connectivity index (χ0v) is 15.9. The molecule has 1 aliphatic heterocycles. The summed E-state index contributed by atoms with van der Waals surface area (Å²) in [5.74, 6) is -1.92. The monoisotopic (exact) mass is 414 g/mol. The summed E-state index contributed by atoms with van der Waals surface area (Å²) in [7, 11) is 0. The largest absolute Gasteiger partial charge is 0.463 e. The smallest absolute Gasteiger partial charge is 0.416 e.